The Kier molecular flexibility index (Phi) is 10.2. The number of fused-ring (bicyclic) bond motifs is 1. The lowest BCUT2D eigenvalue weighted by atomic mass is 9.99. The van der Waals surface area contributed by atoms with Gasteiger partial charge in [-0.2, -0.15) is 0 Å². The Morgan fingerprint density at radius 3 is 2.24 bits per heavy atom. The molecule has 5 aromatic rings. The number of aromatic nitrogens is 2. The van der Waals surface area contributed by atoms with Gasteiger partial charge in [0.15, 0.2) is 17.2 Å². The number of rotatable bonds is 14. The lowest BCUT2D eigenvalue weighted by Gasteiger charge is -2.33. The number of carbonyl (C=O) groups is 1. The first kappa shape index (κ1) is 32.9. The van der Waals surface area contributed by atoms with Crippen LogP contribution in [0.25, 0.3) is 16.8 Å². The number of ether oxygens (including phenoxy) is 4. The summed E-state index contributed by atoms with van der Waals surface area (Å²) in [5.74, 6) is 2.83. The number of hydrogen-bond acceptors (Lipinski definition) is 6. The van der Waals surface area contributed by atoms with Crippen molar-refractivity contribution in [2.75, 3.05) is 35.0 Å². The highest BCUT2D eigenvalue weighted by Gasteiger charge is 2.37. The van der Waals surface area contributed by atoms with Crippen LogP contribution in [-0.4, -0.2) is 50.8 Å². The molecule has 0 aliphatic heterocycles. The Balaban J connectivity index is 1.64. The van der Waals surface area contributed by atoms with Crippen LogP contribution in [0.1, 0.15) is 37.2 Å². The van der Waals surface area contributed by atoms with E-state index in [1.807, 2.05) is 60.8 Å². The normalized spacial score (nSPS) is 12.6. The third-order valence-electron chi connectivity index (χ3n) is 8.46. The Bertz CT molecular complexity index is 1820. The van der Waals surface area contributed by atoms with Crippen LogP contribution in [0.3, 0.4) is 0 Å². The van der Waals surface area contributed by atoms with E-state index in [2.05, 4.69) is 30.4 Å². The molecule has 2 aromatic heterocycles. The van der Waals surface area contributed by atoms with Gasteiger partial charge in [0.25, 0.3) is 0 Å². The minimum absolute atomic E-state index is 0.0583. The maximum Gasteiger partial charge on any atom is 0.306 e. The molecule has 0 fully saturated rings. The first-order valence-corrected chi connectivity index (χ1v) is 15.7. The van der Waals surface area contributed by atoms with E-state index in [9.17, 15) is 4.79 Å². The van der Waals surface area contributed by atoms with Crippen molar-refractivity contribution in [3.63, 3.8) is 0 Å². The number of imidazole rings is 1. The summed E-state index contributed by atoms with van der Waals surface area (Å²) in [5.41, 5.74) is 6.31. The predicted octanol–water partition coefficient (Wildman–Crippen LogP) is 7.99. The molecule has 9 heteroatoms. The summed E-state index contributed by atoms with van der Waals surface area (Å²) in [6.45, 7) is 5.12. The van der Waals surface area contributed by atoms with Gasteiger partial charge in [-0.05, 0) is 65.9 Å². The van der Waals surface area contributed by atoms with Crippen LogP contribution in [0.2, 0.25) is 5.02 Å². The van der Waals surface area contributed by atoms with Gasteiger partial charge in [0.2, 0.25) is 0 Å². The van der Waals surface area contributed by atoms with Gasteiger partial charge in [-0.25, -0.2) is 14.3 Å². The van der Waals surface area contributed by atoms with Gasteiger partial charge in [-0.3, -0.25) is 0 Å². The van der Waals surface area contributed by atoms with Crippen molar-refractivity contribution in [3.05, 3.63) is 101 Å². The van der Waals surface area contributed by atoms with Gasteiger partial charge in [0.1, 0.15) is 34.4 Å². The highest BCUT2D eigenvalue weighted by atomic mass is 35.5. The summed E-state index contributed by atoms with van der Waals surface area (Å²) in [6.07, 6.45) is 4.31. The molecule has 1 amide bonds. The van der Waals surface area contributed by atoms with E-state index in [4.69, 9.17) is 35.5 Å². The SMILES string of the molecule is COc1ccc(-c2ccc(OC)c(Cc3c(C[N+](C=O)(CCC(C)C)c4ccc(OC)c(OC)c4Cl)nc4ccccn34)c2)cc1. The van der Waals surface area contributed by atoms with Crippen LogP contribution < -0.4 is 23.4 Å². The second kappa shape index (κ2) is 14.3. The van der Waals surface area contributed by atoms with Crippen molar-refractivity contribution in [2.24, 2.45) is 5.92 Å². The maximum absolute atomic E-state index is 13.4. The number of benzene rings is 3. The number of quaternary nitrogens is 1. The summed E-state index contributed by atoms with van der Waals surface area (Å²) in [4.78, 5) is 18.5. The van der Waals surface area contributed by atoms with E-state index in [-0.39, 0.29) is 4.48 Å². The highest BCUT2D eigenvalue weighted by Crippen LogP contribution is 2.45. The predicted molar refractivity (Wildman–Crippen MR) is 183 cm³/mol. The van der Waals surface area contributed by atoms with E-state index in [1.165, 1.54) is 0 Å². The molecule has 1 atom stereocenters. The monoisotopic (exact) mass is 642 g/mol. The van der Waals surface area contributed by atoms with E-state index in [0.717, 1.165) is 58.1 Å². The Morgan fingerprint density at radius 2 is 1.59 bits per heavy atom. The van der Waals surface area contributed by atoms with Crippen LogP contribution in [0.15, 0.2) is 79.0 Å². The second-order valence-electron chi connectivity index (χ2n) is 11.7. The molecule has 0 N–H and O–H groups in total. The number of halogens is 1. The smallest absolute Gasteiger partial charge is 0.306 e. The quantitative estimate of drug-likeness (QED) is 0.0903. The average molecular weight is 643 g/mol. The topological polar surface area (TPSA) is 71.3 Å². The molecule has 46 heavy (non-hydrogen) atoms. The lowest BCUT2D eigenvalue weighted by Crippen LogP contribution is -2.49. The summed E-state index contributed by atoms with van der Waals surface area (Å²) in [5, 5.41) is 0.344. The van der Waals surface area contributed by atoms with Gasteiger partial charge < -0.3 is 23.3 Å². The summed E-state index contributed by atoms with van der Waals surface area (Å²) in [7, 11) is 6.45. The first-order chi connectivity index (χ1) is 22.3. The molecule has 240 valence electrons. The molecule has 8 nitrogen and oxygen atoms in total. The van der Waals surface area contributed by atoms with E-state index in [1.54, 1.807) is 34.5 Å². The molecule has 0 spiro atoms. The molecule has 3 aromatic carbocycles. The summed E-state index contributed by atoms with van der Waals surface area (Å²) < 4.78 is 24.4. The molecule has 2 heterocycles. The Labute approximate surface area is 275 Å². The largest absolute Gasteiger partial charge is 0.497 e. The standard InChI is InChI=1S/C37H41ClN3O5/c1-25(2)18-20-41(24-42,32-15-17-34(45-5)37(46-6)36(32)38)23-30-31(40-19-8-7-9-35(40)39-30)22-28-21-27(12-16-33(28)44-4)26-10-13-29(43-3)14-11-26/h7-17,19,21,24-25H,18,20,22-23H2,1-6H3/q+1. The minimum Gasteiger partial charge on any atom is -0.497 e. The van der Waals surface area contributed by atoms with Crippen molar-refractivity contribution in [1.82, 2.24) is 13.9 Å². The fraction of sp³-hybridized carbons (Fsp3) is 0.297. The number of pyridine rings is 1. The minimum atomic E-state index is -0.0583. The fourth-order valence-corrected chi connectivity index (χ4v) is 6.28. The van der Waals surface area contributed by atoms with E-state index >= 15 is 0 Å². The van der Waals surface area contributed by atoms with E-state index in [0.29, 0.717) is 47.6 Å². The molecule has 5 rings (SSSR count). The van der Waals surface area contributed by atoms with Gasteiger partial charge in [-0.1, -0.05) is 49.7 Å². The third kappa shape index (κ3) is 6.55. The number of hydrogen-bond donors (Lipinski definition) is 0. The highest BCUT2D eigenvalue weighted by molar-refractivity contribution is 6.35. The fourth-order valence-electron chi connectivity index (χ4n) is 5.88. The second-order valence-corrected chi connectivity index (χ2v) is 12.1. The number of carbonyl (C=O) groups excluding carboxylic acids is 1. The zero-order chi connectivity index (χ0) is 32.8. The molecular formula is C37H41ClN3O5+. The lowest BCUT2D eigenvalue weighted by molar-refractivity contribution is -0.118. The first-order valence-electron chi connectivity index (χ1n) is 15.3. The van der Waals surface area contributed by atoms with Crippen molar-refractivity contribution < 1.29 is 23.7 Å². The molecular weight excluding hydrogens is 602 g/mol. The van der Waals surface area contributed by atoms with Gasteiger partial charge in [-0.15, -0.1) is 0 Å². The van der Waals surface area contributed by atoms with Crippen LogP contribution >= 0.6 is 11.6 Å². The Hall–Kier alpha value is -4.53. The zero-order valence-electron chi connectivity index (χ0n) is 27.2. The molecule has 0 bridgehead atoms. The van der Waals surface area contributed by atoms with Crippen LogP contribution in [0.4, 0.5) is 5.69 Å². The zero-order valence-corrected chi connectivity index (χ0v) is 28.0. The van der Waals surface area contributed by atoms with Crippen molar-refractivity contribution in [2.45, 2.75) is 33.2 Å². The maximum atomic E-state index is 13.4. The van der Waals surface area contributed by atoms with Crippen LogP contribution in [0.5, 0.6) is 23.0 Å². The molecule has 0 aliphatic rings. The molecule has 1 unspecified atom stereocenters. The number of nitrogens with zero attached hydrogens (tertiary/aromatic N) is 3. The molecule has 0 saturated carbocycles. The van der Waals surface area contributed by atoms with Crippen molar-refractivity contribution >= 4 is 29.3 Å². The van der Waals surface area contributed by atoms with Gasteiger partial charge in [0.05, 0.1) is 40.7 Å². The number of amides is 1. The molecule has 0 saturated heterocycles. The van der Waals surface area contributed by atoms with E-state index < -0.39 is 0 Å². The summed E-state index contributed by atoms with van der Waals surface area (Å²) in [6, 6.07) is 23.8. The summed E-state index contributed by atoms with van der Waals surface area (Å²) >= 11 is 6.99. The Morgan fingerprint density at radius 1 is 0.870 bits per heavy atom. The van der Waals surface area contributed by atoms with Gasteiger partial charge in [0, 0.05) is 24.2 Å². The van der Waals surface area contributed by atoms with Crippen LogP contribution in [0, 0.1) is 5.92 Å². The van der Waals surface area contributed by atoms with Crippen molar-refractivity contribution in [1.29, 1.82) is 0 Å². The molecule has 0 radical (unpaired) electrons. The van der Waals surface area contributed by atoms with Crippen LogP contribution in [-0.2, 0) is 17.8 Å². The van der Waals surface area contributed by atoms with Crippen molar-refractivity contribution in [3.8, 4) is 34.1 Å². The third-order valence-corrected chi connectivity index (χ3v) is 8.82. The van der Waals surface area contributed by atoms with Gasteiger partial charge >= 0.3 is 6.41 Å². The number of methoxy groups -OCH3 is 4. The molecule has 0 aliphatic carbocycles. The average Bonchev–Trinajstić information content (AvgIpc) is 3.42.